The third-order valence-electron chi connectivity index (χ3n) is 4.01. The van der Waals surface area contributed by atoms with Gasteiger partial charge in [-0.05, 0) is 50.6 Å². The second-order valence-electron chi connectivity index (χ2n) is 5.59. The summed E-state index contributed by atoms with van der Waals surface area (Å²) in [5.41, 5.74) is 0.856. The van der Waals surface area contributed by atoms with E-state index in [1.165, 1.54) is 31.2 Å². The Hall–Kier alpha value is -0.850. The van der Waals surface area contributed by atoms with Crippen LogP contribution < -0.4 is 0 Å². The SMILES string of the molecule is CC(C#N)(Cc1ccc(Br)cc1)N1CCCCCC1. The van der Waals surface area contributed by atoms with Crippen molar-refractivity contribution in [2.75, 3.05) is 13.1 Å². The molecule has 0 radical (unpaired) electrons. The van der Waals surface area contributed by atoms with Gasteiger partial charge in [-0.3, -0.25) is 4.90 Å². The summed E-state index contributed by atoms with van der Waals surface area (Å²) in [6, 6.07) is 10.9. The molecule has 1 atom stereocenters. The number of rotatable bonds is 3. The molecule has 0 amide bonds. The van der Waals surface area contributed by atoms with Crippen LogP contribution in [0.15, 0.2) is 28.7 Å². The Balaban J connectivity index is 2.12. The van der Waals surface area contributed by atoms with Crippen molar-refractivity contribution in [1.29, 1.82) is 5.26 Å². The average molecular weight is 321 g/mol. The van der Waals surface area contributed by atoms with Gasteiger partial charge in [0.05, 0.1) is 6.07 Å². The molecule has 1 unspecified atom stereocenters. The van der Waals surface area contributed by atoms with Crippen molar-refractivity contribution < 1.29 is 0 Å². The molecule has 19 heavy (non-hydrogen) atoms. The highest BCUT2D eigenvalue weighted by atomic mass is 79.9. The van der Waals surface area contributed by atoms with Crippen molar-refractivity contribution >= 4 is 15.9 Å². The molecule has 1 aromatic rings. The van der Waals surface area contributed by atoms with Crippen molar-refractivity contribution in [2.45, 2.75) is 44.6 Å². The Bertz CT molecular complexity index is 441. The van der Waals surface area contributed by atoms with Crippen LogP contribution in [0, 0.1) is 11.3 Å². The van der Waals surface area contributed by atoms with Gasteiger partial charge < -0.3 is 0 Å². The predicted octanol–water partition coefficient (Wildman–Crippen LogP) is 4.15. The summed E-state index contributed by atoms with van der Waals surface area (Å²) in [4.78, 5) is 2.38. The maximum absolute atomic E-state index is 9.64. The zero-order valence-electron chi connectivity index (χ0n) is 11.5. The monoisotopic (exact) mass is 320 g/mol. The van der Waals surface area contributed by atoms with E-state index in [1.807, 2.05) is 0 Å². The normalized spacial score (nSPS) is 20.3. The van der Waals surface area contributed by atoms with Crippen LogP contribution in [0.25, 0.3) is 0 Å². The van der Waals surface area contributed by atoms with Crippen molar-refractivity contribution in [2.24, 2.45) is 0 Å². The molecule has 0 saturated carbocycles. The summed E-state index contributed by atoms with van der Waals surface area (Å²) in [6.45, 7) is 4.20. The van der Waals surface area contributed by atoms with Crippen molar-refractivity contribution in [3.05, 3.63) is 34.3 Å². The van der Waals surface area contributed by atoms with Gasteiger partial charge in [0.1, 0.15) is 5.54 Å². The summed E-state index contributed by atoms with van der Waals surface area (Å²) in [5, 5.41) is 9.64. The number of benzene rings is 1. The van der Waals surface area contributed by atoms with E-state index in [2.05, 4.69) is 58.1 Å². The van der Waals surface area contributed by atoms with Crippen LogP contribution in [-0.2, 0) is 6.42 Å². The van der Waals surface area contributed by atoms with Crippen LogP contribution in [0.3, 0.4) is 0 Å². The van der Waals surface area contributed by atoms with Gasteiger partial charge in [0.2, 0.25) is 0 Å². The van der Waals surface area contributed by atoms with Gasteiger partial charge >= 0.3 is 0 Å². The van der Waals surface area contributed by atoms with Crippen LogP contribution in [0.2, 0.25) is 0 Å². The maximum atomic E-state index is 9.64. The highest BCUT2D eigenvalue weighted by molar-refractivity contribution is 9.10. The van der Waals surface area contributed by atoms with Gasteiger partial charge in [-0.1, -0.05) is 40.9 Å². The van der Waals surface area contributed by atoms with Gasteiger partial charge in [-0.25, -0.2) is 0 Å². The minimum Gasteiger partial charge on any atom is -0.285 e. The Morgan fingerprint density at radius 3 is 2.26 bits per heavy atom. The largest absolute Gasteiger partial charge is 0.285 e. The molecule has 1 aliphatic rings. The fraction of sp³-hybridized carbons (Fsp3) is 0.562. The summed E-state index contributed by atoms with van der Waals surface area (Å²) < 4.78 is 1.09. The van der Waals surface area contributed by atoms with E-state index < -0.39 is 0 Å². The molecule has 0 N–H and O–H groups in total. The molecule has 2 nitrogen and oxygen atoms in total. The summed E-state index contributed by atoms with van der Waals surface area (Å²) in [5.74, 6) is 0. The summed E-state index contributed by atoms with van der Waals surface area (Å²) in [7, 11) is 0. The molecule has 0 aliphatic carbocycles. The topological polar surface area (TPSA) is 27.0 Å². The predicted molar refractivity (Wildman–Crippen MR) is 81.9 cm³/mol. The molecule has 0 bridgehead atoms. The average Bonchev–Trinajstić information content (AvgIpc) is 2.71. The van der Waals surface area contributed by atoms with E-state index in [-0.39, 0.29) is 5.54 Å². The molecule has 1 aliphatic heterocycles. The number of likely N-dealkylation sites (tertiary alicyclic amines) is 1. The van der Waals surface area contributed by atoms with Gasteiger partial charge in [0.15, 0.2) is 0 Å². The number of hydrogen-bond donors (Lipinski definition) is 0. The molecule has 1 aromatic carbocycles. The second-order valence-corrected chi connectivity index (χ2v) is 6.51. The van der Waals surface area contributed by atoms with Crippen LogP contribution in [-0.4, -0.2) is 23.5 Å². The first-order valence-corrected chi connectivity index (χ1v) is 7.84. The van der Waals surface area contributed by atoms with E-state index in [0.717, 1.165) is 24.0 Å². The second kappa shape index (κ2) is 6.54. The molecule has 1 saturated heterocycles. The summed E-state index contributed by atoms with van der Waals surface area (Å²) >= 11 is 3.45. The molecule has 3 heteroatoms. The Labute approximate surface area is 124 Å². The van der Waals surface area contributed by atoms with E-state index in [1.54, 1.807) is 0 Å². The molecule has 0 spiro atoms. The van der Waals surface area contributed by atoms with E-state index in [9.17, 15) is 5.26 Å². The fourth-order valence-electron chi connectivity index (χ4n) is 2.79. The molecular formula is C16H21BrN2. The first-order chi connectivity index (χ1) is 9.14. The Morgan fingerprint density at radius 2 is 1.74 bits per heavy atom. The quantitative estimate of drug-likeness (QED) is 0.836. The van der Waals surface area contributed by atoms with Gasteiger partial charge in [-0.15, -0.1) is 0 Å². The highest BCUT2D eigenvalue weighted by Crippen LogP contribution is 2.24. The lowest BCUT2D eigenvalue weighted by Crippen LogP contribution is -2.47. The standard InChI is InChI=1S/C16H21BrN2/c1-16(13-18,19-10-4-2-3-5-11-19)12-14-6-8-15(17)9-7-14/h6-9H,2-5,10-12H2,1H3. The van der Waals surface area contributed by atoms with Crippen molar-refractivity contribution in [1.82, 2.24) is 4.90 Å². The Morgan fingerprint density at radius 1 is 1.16 bits per heavy atom. The molecule has 0 aromatic heterocycles. The number of nitrogens with zero attached hydrogens (tertiary/aromatic N) is 2. The van der Waals surface area contributed by atoms with Crippen LogP contribution in [0.4, 0.5) is 0 Å². The van der Waals surface area contributed by atoms with Crippen molar-refractivity contribution in [3.8, 4) is 6.07 Å². The highest BCUT2D eigenvalue weighted by Gasteiger charge is 2.32. The van der Waals surface area contributed by atoms with E-state index >= 15 is 0 Å². The van der Waals surface area contributed by atoms with Crippen LogP contribution in [0.5, 0.6) is 0 Å². The zero-order valence-corrected chi connectivity index (χ0v) is 13.1. The van der Waals surface area contributed by atoms with E-state index in [0.29, 0.717) is 0 Å². The first-order valence-electron chi connectivity index (χ1n) is 7.05. The molecular weight excluding hydrogens is 300 g/mol. The van der Waals surface area contributed by atoms with E-state index in [4.69, 9.17) is 0 Å². The van der Waals surface area contributed by atoms with Gasteiger partial charge in [0.25, 0.3) is 0 Å². The lowest BCUT2D eigenvalue weighted by atomic mass is 9.92. The zero-order chi connectivity index (χ0) is 13.7. The number of hydrogen-bond acceptors (Lipinski definition) is 2. The minimum atomic E-state index is -0.377. The van der Waals surface area contributed by atoms with Crippen molar-refractivity contribution in [3.63, 3.8) is 0 Å². The first kappa shape index (κ1) is 14.6. The third-order valence-corrected chi connectivity index (χ3v) is 4.54. The maximum Gasteiger partial charge on any atom is 0.110 e. The number of halogens is 1. The van der Waals surface area contributed by atoms with Crippen LogP contribution >= 0.6 is 15.9 Å². The lowest BCUT2D eigenvalue weighted by molar-refractivity contribution is 0.157. The Kier molecular flexibility index (Phi) is 5.01. The molecule has 1 fully saturated rings. The van der Waals surface area contributed by atoms with Gasteiger partial charge in [0, 0.05) is 10.9 Å². The van der Waals surface area contributed by atoms with Crippen LogP contribution in [0.1, 0.15) is 38.2 Å². The van der Waals surface area contributed by atoms with Gasteiger partial charge in [-0.2, -0.15) is 5.26 Å². The molecule has 1 heterocycles. The molecule has 102 valence electrons. The number of nitriles is 1. The third kappa shape index (κ3) is 3.81. The smallest absolute Gasteiger partial charge is 0.110 e. The lowest BCUT2D eigenvalue weighted by Gasteiger charge is -2.35. The fourth-order valence-corrected chi connectivity index (χ4v) is 3.05. The molecule has 2 rings (SSSR count). The summed E-state index contributed by atoms with van der Waals surface area (Å²) in [6.07, 6.45) is 5.85. The minimum absolute atomic E-state index is 0.377.